The number of rotatable bonds is 8. The first-order valence-electron chi connectivity index (χ1n) is 11.6. The summed E-state index contributed by atoms with van der Waals surface area (Å²) in [5.74, 6) is -0.590. The van der Waals surface area contributed by atoms with Gasteiger partial charge >= 0.3 is 6.16 Å². The lowest BCUT2D eigenvalue weighted by molar-refractivity contribution is -0.230. The highest BCUT2D eigenvalue weighted by Crippen LogP contribution is 2.48. The summed E-state index contributed by atoms with van der Waals surface area (Å²) in [5.41, 5.74) is 2.47. The molecule has 1 saturated heterocycles. The topological polar surface area (TPSA) is 112 Å². The second-order valence-corrected chi connectivity index (χ2v) is 11.2. The number of hydroxylamine groups is 4. The van der Waals surface area contributed by atoms with Gasteiger partial charge in [0.25, 0.3) is 5.91 Å². The number of piperidine rings is 1. The van der Waals surface area contributed by atoms with E-state index in [0.29, 0.717) is 31.5 Å². The van der Waals surface area contributed by atoms with Crippen LogP contribution < -0.4 is 0 Å². The normalized spacial score (nSPS) is 18.5. The maximum absolute atomic E-state index is 13.9. The summed E-state index contributed by atoms with van der Waals surface area (Å²) in [7, 11) is -1.76. The molecule has 194 valence electrons. The largest absolute Gasteiger partial charge is 0.513 e. The maximum Gasteiger partial charge on any atom is 0.513 e. The molecular formula is C24H34N2O8S. The van der Waals surface area contributed by atoms with Gasteiger partial charge in [-0.25, -0.2) is 18.3 Å². The van der Waals surface area contributed by atoms with Crippen LogP contribution >= 0.6 is 0 Å². The molecule has 0 N–H and O–H groups in total. The molecule has 0 aliphatic carbocycles. The van der Waals surface area contributed by atoms with Crippen molar-refractivity contribution in [3.8, 4) is 0 Å². The third-order valence-electron chi connectivity index (χ3n) is 6.29. The summed E-state index contributed by atoms with van der Waals surface area (Å²) in [6, 6.07) is 3.91. The Kier molecular flexibility index (Phi) is 8.25. The number of hydrogen-bond donors (Lipinski definition) is 0. The SMILES string of the molecule is CCOC(=O)OC1=C(c2c(C)cc(C)cc2C)C(=O)N(OCCS(C)(=O)=O)C12CCN(OC)CC2. The summed E-state index contributed by atoms with van der Waals surface area (Å²) in [5, 5.41) is 2.95. The molecule has 0 aromatic heterocycles. The summed E-state index contributed by atoms with van der Waals surface area (Å²) >= 11 is 0. The van der Waals surface area contributed by atoms with Crippen molar-refractivity contribution in [1.29, 1.82) is 0 Å². The van der Waals surface area contributed by atoms with E-state index in [1.807, 2.05) is 32.9 Å². The first-order valence-corrected chi connectivity index (χ1v) is 13.6. The van der Waals surface area contributed by atoms with Gasteiger partial charge in [-0.15, -0.1) is 0 Å². The number of benzene rings is 1. The van der Waals surface area contributed by atoms with Crippen LogP contribution in [0.4, 0.5) is 4.79 Å². The van der Waals surface area contributed by atoms with E-state index >= 15 is 0 Å². The van der Waals surface area contributed by atoms with Crippen molar-refractivity contribution < 1.29 is 37.2 Å². The zero-order chi connectivity index (χ0) is 26.0. The smallest absolute Gasteiger partial charge is 0.434 e. The minimum atomic E-state index is -3.32. The fraction of sp³-hybridized carbons (Fsp3) is 0.583. The Morgan fingerprint density at radius 2 is 1.71 bits per heavy atom. The second kappa shape index (κ2) is 10.7. The molecule has 0 radical (unpaired) electrons. The minimum absolute atomic E-state index is 0.108. The fourth-order valence-electron chi connectivity index (χ4n) is 4.82. The van der Waals surface area contributed by atoms with Gasteiger partial charge in [0.2, 0.25) is 0 Å². The van der Waals surface area contributed by atoms with Crippen LogP contribution in [-0.4, -0.2) is 81.6 Å². The quantitative estimate of drug-likeness (QED) is 0.487. The number of amides is 1. The van der Waals surface area contributed by atoms with E-state index in [4.69, 9.17) is 19.1 Å². The molecule has 2 aliphatic rings. The Labute approximate surface area is 206 Å². The lowest BCUT2D eigenvalue weighted by Gasteiger charge is -2.43. The van der Waals surface area contributed by atoms with Gasteiger partial charge < -0.3 is 14.3 Å². The third-order valence-corrected chi connectivity index (χ3v) is 7.20. The molecular weight excluding hydrogens is 476 g/mol. The number of aryl methyl sites for hydroxylation is 3. The molecule has 1 amide bonds. The average molecular weight is 511 g/mol. The van der Waals surface area contributed by atoms with Gasteiger partial charge in [0, 0.05) is 19.3 Å². The predicted molar refractivity (Wildman–Crippen MR) is 129 cm³/mol. The molecule has 3 rings (SSSR count). The summed E-state index contributed by atoms with van der Waals surface area (Å²) in [6.45, 7) is 8.18. The third kappa shape index (κ3) is 5.69. The zero-order valence-corrected chi connectivity index (χ0v) is 22.0. The van der Waals surface area contributed by atoms with Crippen molar-refractivity contribution in [1.82, 2.24) is 10.1 Å². The molecule has 1 aromatic rings. The lowest BCUT2D eigenvalue weighted by atomic mass is 9.84. The van der Waals surface area contributed by atoms with Crippen molar-refractivity contribution >= 4 is 27.5 Å². The van der Waals surface area contributed by atoms with Gasteiger partial charge in [0.1, 0.15) is 15.4 Å². The van der Waals surface area contributed by atoms with Crippen molar-refractivity contribution in [2.75, 3.05) is 45.4 Å². The van der Waals surface area contributed by atoms with Crippen LogP contribution in [0.2, 0.25) is 0 Å². The monoisotopic (exact) mass is 510 g/mol. The number of carbonyl (C=O) groups is 2. The van der Waals surface area contributed by atoms with Gasteiger partial charge in [0.05, 0.1) is 31.6 Å². The van der Waals surface area contributed by atoms with Crippen LogP contribution in [-0.2, 0) is 33.8 Å². The van der Waals surface area contributed by atoms with Gasteiger partial charge in [-0.05, 0) is 57.2 Å². The standard InChI is InChI=1S/C24H34N2O8S/c1-7-32-23(28)34-21-20(19-17(3)14-16(2)15-18(19)4)22(27)26(33-12-13-35(6,29)30)24(21)8-10-25(31-5)11-9-24/h14-15H,7-13H2,1-6H3. The summed E-state index contributed by atoms with van der Waals surface area (Å²) in [6.07, 6.45) is 0.871. The van der Waals surface area contributed by atoms with E-state index in [-0.39, 0.29) is 30.3 Å². The number of nitrogens with zero attached hydrogens (tertiary/aromatic N) is 2. The maximum atomic E-state index is 13.9. The van der Waals surface area contributed by atoms with Crippen LogP contribution in [0.3, 0.4) is 0 Å². The van der Waals surface area contributed by atoms with Gasteiger partial charge in [-0.3, -0.25) is 9.63 Å². The Balaban J connectivity index is 2.17. The highest BCUT2D eigenvalue weighted by molar-refractivity contribution is 7.90. The van der Waals surface area contributed by atoms with Crippen molar-refractivity contribution in [2.24, 2.45) is 0 Å². The molecule has 0 bridgehead atoms. The Morgan fingerprint density at radius 3 is 2.23 bits per heavy atom. The van der Waals surface area contributed by atoms with Crippen LogP contribution in [0.1, 0.15) is 42.0 Å². The Hall–Kier alpha value is -2.47. The van der Waals surface area contributed by atoms with E-state index in [1.54, 1.807) is 19.1 Å². The highest BCUT2D eigenvalue weighted by atomic mass is 32.2. The van der Waals surface area contributed by atoms with Crippen LogP contribution in [0.5, 0.6) is 0 Å². The van der Waals surface area contributed by atoms with Crippen molar-refractivity contribution in [3.63, 3.8) is 0 Å². The number of ether oxygens (including phenoxy) is 2. The average Bonchev–Trinajstić information content (AvgIpc) is 2.96. The van der Waals surface area contributed by atoms with E-state index in [0.717, 1.165) is 22.9 Å². The molecule has 10 nitrogen and oxygen atoms in total. The van der Waals surface area contributed by atoms with Gasteiger partial charge in [-0.2, -0.15) is 5.06 Å². The fourth-order valence-corrected chi connectivity index (χ4v) is 5.20. The minimum Gasteiger partial charge on any atom is -0.434 e. The number of carbonyl (C=O) groups excluding carboxylic acids is 2. The van der Waals surface area contributed by atoms with E-state index in [2.05, 4.69) is 0 Å². The van der Waals surface area contributed by atoms with Crippen molar-refractivity contribution in [2.45, 2.75) is 46.1 Å². The van der Waals surface area contributed by atoms with Gasteiger partial charge in [-0.1, -0.05) is 17.7 Å². The molecule has 35 heavy (non-hydrogen) atoms. The van der Waals surface area contributed by atoms with Crippen LogP contribution in [0.25, 0.3) is 5.57 Å². The predicted octanol–water partition coefficient (Wildman–Crippen LogP) is 2.71. The molecule has 11 heteroatoms. The van der Waals surface area contributed by atoms with Crippen molar-refractivity contribution in [3.05, 3.63) is 40.1 Å². The molecule has 1 aromatic carbocycles. The summed E-state index contributed by atoms with van der Waals surface area (Å²) in [4.78, 5) is 37.7. The Morgan fingerprint density at radius 1 is 1.11 bits per heavy atom. The molecule has 0 saturated carbocycles. The second-order valence-electron chi connectivity index (χ2n) is 8.97. The van der Waals surface area contributed by atoms with Crippen LogP contribution in [0.15, 0.2) is 17.9 Å². The molecule has 0 atom stereocenters. The molecule has 2 heterocycles. The summed E-state index contributed by atoms with van der Waals surface area (Å²) < 4.78 is 34.3. The Bertz CT molecular complexity index is 1100. The first kappa shape index (κ1) is 27.1. The lowest BCUT2D eigenvalue weighted by Crippen LogP contribution is -2.55. The zero-order valence-electron chi connectivity index (χ0n) is 21.2. The molecule has 0 unspecified atom stereocenters. The molecule has 1 spiro atoms. The highest BCUT2D eigenvalue weighted by Gasteiger charge is 2.57. The molecule has 1 fully saturated rings. The van der Waals surface area contributed by atoms with E-state index in [1.165, 1.54) is 5.06 Å². The van der Waals surface area contributed by atoms with Crippen LogP contribution in [0, 0.1) is 20.8 Å². The van der Waals surface area contributed by atoms with Gasteiger partial charge in [0.15, 0.2) is 5.76 Å². The number of sulfone groups is 1. The van der Waals surface area contributed by atoms with E-state index < -0.39 is 27.4 Å². The van der Waals surface area contributed by atoms with E-state index in [9.17, 15) is 18.0 Å². The first-order chi connectivity index (χ1) is 16.4. The molecule has 2 aliphatic heterocycles. The number of hydrogen-bond acceptors (Lipinski definition) is 9.